The van der Waals surface area contributed by atoms with Crippen LogP contribution in [0.2, 0.25) is 0 Å². The number of amides is 1. The van der Waals surface area contributed by atoms with Gasteiger partial charge in [0, 0.05) is 5.56 Å². The number of carbonyl (C=O) groups excluding carboxylic acids is 2. The number of carbonyl (C=O) groups is 2. The molecule has 1 aliphatic heterocycles. The van der Waals surface area contributed by atoms with Crippen LogP contribution in [0.1, 0.15) is 24.1 Å². The summed E-state index contributed by atoms with van der Waals surface area (Å²) < 4.78 is 25.2. The largest absolute Gasteiger partial charge is 0.507 e. The normalized spacial score (nSPS) is 17.1. The molecule has 0 aliphatic carbocycles. The quantitative estimate of drug-likeness (QED) is 0.213. The van der Waals surface area contributed by atoms with Crippen LogP contribution in [0.15, 0.2) is 72.3 Å². The molecule has 0 radical (unpaired) electrons. The average molecular weight is 505 g/mol. The molecule has 9 heteroatoms. The third-order valence-electron chi connectivity index (χ3n) is 5.84. The van der Waals surface area contributed by atoms with E-state index in [1.165, 1.54) is 40.5 Å². The van der Waals surface area contributed by atoms with E-state index in [2.05, 4.69) is 4.98 Å². The third-order valence-corrected chi connectivity index (χ3v) is 6.85. The molecule has 0 saturated carbocycles. The van der Waals surface area contributed by atoms with Crippen molar-refractivity contribution in [1.29, 1.82) is 0 Å². The fraction of sp³-hybridized carbons (Fsp3) is 0.148. The zero-order valence-corrected chi connectivity index (χ0v) is 20.2. The molecule has 1 fully saturated rings. The molecule has 4 aromatic rings. The van der Waals surface area contributed by atoms with Crippen molar-refractivity contribution in [2.45, 2.75) is 13.0 Å². The van der Waals surface area contributed by atoms with Gasteiger partial charge < -0.3 is 14.6 Å². The summed E-state index contributed by atoms with van der Waals surface area (Å²) in [6.07, 6.45) is 0. The Morgan fingerprint density at radius 2 is 1.86 bits per heavy atom. The van der Waals surface area contributed by atoms with E-state index in [1.54, 1.807) is 49.6 Å². The Labute approximate surface area is 210 Å². The Bertz CT molecular complexity index is 1510. The molecular formula is C27H21FN2O5S. The first-order valence-corrected chi connectivity index (χ1v) is 12.0. The number of hydrogen-bond acceptors (Lipinski definition) is 7. The maximum absolute atomic E-state index is 13.5. The van der Waals surface area contributed by atoms with Gasteiger partial charge in [0.1, 0.15) is 23.1 Å². The highest BCUT2D eigenvalue weighted by atomic mass is 32.1. The maximum atomic E-state index is 13.5. The van der Waals surface area contributed by atoms with Crippen LogP contribution < -0.4 is 14.4 Å². The number of hydrogen-bond donors (Lipinski definition) is 1. The summed E-state index contributed by atoms with van der Waals surface area (Å²) in [7, 11) is 1.56. The Hall–Kier alpha value is -4.24. The lowest BCUT2D eigenvalue weighted by molar-refractivity contribution is -0.132. The summed E-state index contributed by atoms with van der Waals surface area (Å²) in [5, 5.41) is 11.5. The lowest BCUT2D eigenvalue weighted by atomic mass is 9.95. The SMILES string of the molecule is CCOc1cccc(C2/C(=C(\O)c3ccc(F)cc3)C(=O)C(=O)N2c2nc3ccc(OC)cc3s2)c1. The van der Waals surface area contributed by atoms with Gasteiger partial charge in [-0.25, -0.2) is 9.37 Å². The van der Waals surface area contributed by atoms with Gasteiger partial charge in [0.2, 0.25) is 0 Å². The molecule has 0 bridgehead atoms. The van der Waals surface area contributed by atoms with Crippen molar-refractivity contribution in [3.05, 3.63) is 89.2 Å². The molecule has 1 saturated heterocycles. The predicted octanol–water partition coefficient (Wildman–Crippen LogP) is 5.47. The second-order valence-corrected chi connectivity index (χ2v) is 9.02. The highest BCUT2D eigenvalue weighted by Crippen LogP contribution is 2.45. The number of aliphatic hydroxyl groups excluding tert-OH is 1. The third kappa shape index (κ3) is 4.07. The number of anilines is 1. The van der Waals surface area contributed by atoms with E-state index >= 15 is 0 Å². The summed E-state index contributed by atoms with van der Waals surface area (Å²) >= 11 is 1.23. The molecule has 1 amide bonds. The predicted molar refractivity (Wildman–Crippen MR) is 135 cm³/mol. The van der Waals surface area contributed by atoms with Gasteiger partial charge in [0.05, 0.1) is 35.5 Å². The second kappa shape index (κ2) is 9.43. The Morgan fingerprint density at radius 3 is 2.58 bits per heavy atom. The molecule has 5 rings (SSSR count). The van der Waals surface area contributed by atoms with Gasteiger partial charge in [-0.2, -0.15) is 0 Å². The highest BCUT2D eigenvalue weighted by molar-refractivity contribution is 7.22. The van der Waals surface area contributed by atoms with Gasteiger partial charge >= 0.3 is 5.91 Å². The summed E-state index contributed by atoms with van der Waals surface area (Å²) in [4.78, 5) is 32.6. The van der Waals surface area contributed by atoms with E-state index in [0.29, 0.717) is 34.3 Å². The number of fused-ring (bicyclic) bond motifs is 1. The number of aliphatic hydroxyl groups is 1. The number of rotatable bonds is 6. The molecule has 3 aromatic carbocycles. The smallest absolute Gasteiger partial charge is 0.301 e. The molecule has 182 valence electrons. The van der Waals surface area contributed by atoms with Crippen LogP contribution in [0.5, 0.6) is 11.5 Å². The number of ketones is 1. The van der Waals surface area contributed by atoms with Crippen molar-refractivity contribution in [3.63, 3.8) is 0 Å². The molecule has 36 heavy (non-hydrogen) atoms. The van der Waals surface area contributed by atoms with E-state index in [1.807, 2.05) is 6.92 Å². The number of Topliss-reactive ketones (excluding diaryl/α,β-unsaturated/α-hetero) is 1. The van der Waals surface area contributed by atoms with Crippen LogP contribution in [0.4, 0.5) is 9.52 Å². The summed E-state index contributed by atoms with van der Waals surface area (Å²) in [6, 6.07) is 16.4. The summed E-state index contributed by atoms with van der Waals surface area (Å²) in [6.45, 7) is 2.28. The number of ether oxygens (including phenoxy) is 2. The minimum atomic E-state index is -0.974. The standard InChI is InChI=1S/C27H21FN2O5S/c1-3-35-19-6-4-5-16(13-19)23-22(24(31)15-7-9-17(28)10-8-15)25(32)26(33)30(23)27-29-20-12-11-18(34-2)14-21(20)36-27/h4-14,23,31H,3H2,1-2H3/b24-22+. The van der Waals surface area contributed by atoms with E-state index in [0.717, 1.165) is 4.70 Å². The number of aromatic nitrogens is 1. The first-order chi connectivity index (χ1) is 17.4. The van der Waals surface area contributed by atoms with Crippen molar-refractivity contribution in [2.75, 3.05) is 18.6 Å². The molecule has 2 heterocycles. The Morgan fingerprint density at radius 1 is 1.08 bits per heavy atom. The molecule has 1 atom stereocenters. The number of thiazole rings is 1. The van der Waals surface area contributed by atoms with Gasteiger partial charge in [-0.3, -0.25) is 14.5 Å². The average Bonchev–Trinajstić information content (AvgIpc) is 3.42. The first-order valence-electron chi connectivity index (χ1n) is 11.2. The summed E-state index contributed by atoms with van der Waals surface area (Å²) in [5.74, 6) is -1.38. The van der Waals surface area contributed by atoms with Gasteiger partial charge in [0.15, 0.2) is 5.13 Å². The van der Waals surface area contributed by atoms with Crippen molar-refractivity contribution in [1.82, 2.24) is 4.98 Å². The Kier molecular flexibility index (Phi) is 6.15. The van der Waals surface area contributed by atoms with Gasteiger partial charge in [-0.15, -0.1) is 0 Å². The highest BCUT2D eigenvalue weighted by Gasteiger charge is 2.48. The maximum Gasteiger partial charge on any atom is 0.301 e. The van der Waals surface area contributed by atoms with E-state index < -0.39 is 29.3 Å². The number of halogens is 1. The number of methoxy groups -OCH3 is 1. The zero-order chi connectivity index (χ0) is 25.4. The van der Waals surface area contributed by atoms with E-state index in [9.17, 15) is 19.1 Å². The van der Waals surface area contributed by atoms with Crippen molar-refractivity contribution in [2.24, 2.45) is 0 Å². The van der Waals surface area contributed by atoms with Gasteiger partial charge in [-0.05, 0) is 67.1 Å². The van der Waals surface area contributed by atoms with Crippen LogP contribution in [0.25, 0.3) is 16.0 Å². The minimum absolute atomic E-state index is 0.114. The van der Waals surface area contributed by atoms with Crippen LogP contribution in [-0.2, 0) is 9.59 Å². The monoisotopic (exact) mass is 504 g/mol. The first kappa shape index (κ1) is 23.5. The number of benzene rings is 3. The second-order valence-electron chi connectivity index (χ2n) is 8.01. The van der Waals surface area contributed by atoms with Crippen LogP contribution in [-0.4, -0.2) is 35.5 Å². The number of nitrogens with zero attached hydrogens (tertiary/aromatic N) is 2. The molecule has 1 aliphatic rings. The fourth-order valence-electron chi connectivity index (χ4n) is 4.17. The van der Waals surface area contributed by atoms with Gasteiger partial charge in [0.25, 0.3) is 5.78 Å². The topological polar surface area (TPSA) is 89.0 Å². The Balaban J connectivity index is 1.71. The molecule has 0 spiro atoms. The molecule has 7 nitrogen and oxygen atoms in total. The molecule has 1 unspecified atom stereocenters. The van der Waals surface area contributed by atoms with Crippen LogP contribution in [0, 0.1) is 5.82 Å². The lowest BCUT2D eigenvalue weighted by Crippen LogP contribution is -2.29. The van der Waals surface area contributed by atoms with E-state index in [4.69, 9.17) is 9.47 Å². The fourth-order valence-corrected chi connectivity index (χ4v) is 5.19. The lowest BCUT2D eigenvalue weighted by Gasteiger charge is -2.23. The van der Waals surface area contributed by atoms with Crippen molar-refractivity contribution >= 4 is 44.1 Å². The van der Waals surface area contributed by atoms with Gasteiger partial charge in [-0.1, -0.05) is 23.5 Å². The van der Waals surface area contributed by atoms with E-state index in [-0.39, 0.29) is 11.1 Å². The molecule has 1 N–H and O–H groups in total. The summed E-state index contributed by atoms with van der Waals surface area (Å²) in [5.41, 5.74) is 1.30. The van der Waals surface area contributed by atoms with Crippen molar-refractivity contribution < 1.29 is 28.6 Å². The zero-order valence-electron chi connectivity index (χ0n) is 19.4. The molecular weight excluding hydrogens is 483 g/mol. The minimum Gasteiger partial charge on any atom is -0.507 e. The molecule has 1 aromatic heterocycles. The van der Waals surface area contributed by atoms with Crippen LogP contribution >= 0.6 is 11.3 Å². The van der Waals surface area contributed by atoms with Crippen molar-refractivity contribution in [3.8, 4) is 11.5 Å². The van der Waals surface area contributed by atoms with Crippen LogP contribution in [0.3, 0.4) is 0 Å².